The van der Waals surface area contributed by atoms with Gasteiger partial charge in [-0.1, -0.05) is 17.7 Å². The van der Waals surface area contributed by atoms with Crippen molar-refractivity contribution in [3.05, 3.63) is 99.4 Å². The number of nitrogens with zero attached hydrogens (tertiary/aromatic N) is 3. The minimum atomic E-state index is -0.422. The topological polar surface area (TPSA) is 85.7 Å². The molecule has 1 aliphatic rings. The van der Waals surface area contributed by atoms with Crippen molar-refractivity contribution < 1.29 is 14.3 Å². The maximum Gasteiger partial charge on any atom is 0.299 e. The molecule has 1 fully saturated rings. The highest BCUT2D eigenvalue weighted by atomic mass is 35.5. The number of carbonyl (C=O) groups excluding carboxylic acids is 1. The van der Waals surface area contributed by atoms with Crippen molar-refractivity contribution in [3.63, 3.8) is 0 Å². The fraction of sp³-hybridized carbons (Fsp3) is 0.207. The van der Waals surface area contributed by atoms with E-state index in [2.05, 4.69) is 10.4 Å². The third kappa shape index (κ3) is 5.35. The zero-order valence-electron chi connectivity index (χ0n) is 21.1. The highest BCUT2D eigenvalue weighted by molar-refractivity contribution is 6.31. The van der Waals surface area contributed by atoms with Crippen LogP contribution in [-0.4, -0.2) is 40.8 Å². The number of nitrogens with one attached hydrogen (secondary N) is 1. The van der Waals surface area contributed by atoms with Crippen LogP contribution in [0.4, 0.5) is 11.4 Å². The van der Waals surface area contributed by atoms with Gasteiger partial charge in [-0.15, -0.1) is 0 Å². The number of hydrogen-bond donors (Lipinski definition) is 1. The van der Waals surface area contributed by atoms with Gasteiger partial charge in [0.2, 0.25) is 0 Å². The number of aryl methyl sites for hydroxylation is 1. The van der Waals surface area contributed by atoms with Crippen molar-refractivity contribution in [1.82, 2.24) is 14.7 Å². The van der Waals surface area contributed by atoms with E-state index in [1.807, 2.05) is 11.8 Å². The molecule has 1 aliphatic heterocycles. The Morgan fingerprint density at radius 2 is 1.74 bits per heavy atom. The molecule has 2 heterocycles. The van der Waals surface area contributed by atoms with Crippen molar-refractivity contribution in [2.75, 3.05) is 25.5 Å². The standard InChI is InChI=1S/C29H27ClN4O4/c1-19-16-24(12-13-25(19)30)38-26-18-31-34(22-8-10-23(37-2)11-9-22)29(36)27(26)32-21-7-5-6-20(17-21)28(35)33-14-3-4-15-33/h5-13,16-18,32H,3-4,14-15H2,1-2H3. The van der Waals surface area contributed by atoms with Crippen LogP contribution in [0.5, 0.6) is 17.2 Å². The third-order valence-electron chi connectivity index (χ3n) is 6.39. The van der Waals surface area contributed by atoms with E-state index in [4.69, 9.17) is 21.1 Å². The van der Waals surface area contributed by atoms with Crippen LogP contribution in [-0.2, 0) is 0 Å². The summed E-state index contributed by atoms with van der Waals surface area (Å²) in [4.78, 5) is 28.5. The number of halogens is 1. The van der Waals surface area contributed by atoms with Gasteiger partial charge in [-0.25, -0.2) is 0 Å². The smallest absolute Gasteiger partial charge is 0.299 e. The number of aromatic nitrogens is 2. The number of hydrogen-bond acceptors (Lipinski definition) is 6. The van der Waals surface area contributed by atoms with Gasteiger partial charge in [-0.05, 0) is 86.0 Å². The summed E-state index contributed by atoms with van der Waals surface area (Å²) < 4.78 is 12.6. The molecule has 1 saturated heterocycles. The molecule has 1 aromatic heterocycles. The first kappa shape index (κ1) is 25.4. The predicted molar refractivity (Wildman–Crippen MR) is 148 cm³/mol. The van der Waals surface area contributed by atoms with Gasteiger partial charge in [0.05, 0.1) is 19.0 Å². The molecular formula is C29H27ClN4O4. The fourth-order valence-corrected chi connectivity index (χ4v) is 4.44. The third-order valence-corrected chi connectivity index (χ3v) is 6.81. The van der Waals surface area contributed by atoms with Crippen LogP contribution in [0.15, 0.2) is 77.7 Å². The number of ether oxygens (including phenoxy) is 2. The van der Waals surface area contributed by atoms with Gasteiger partial charge in [0.1, 0.15) is 11.5 Å². The quantitative estimate of drug-likeness (QED) is 0.316. The largest absolute Gasteiger partial charge is 0.497 e. The summed E-state index contributed by atoms with van der Waals surface area (Å²) in [6.07, 6.45) is 3.50. The molecule has 3 aromatic carbocycles. The van der Waals surface area contributed by atoms with Gasteiger partial charge in [-0.2, -0.15) is 9.78 Å². The summed E-state index contributed by atoms with van der Waals surface area (Å²) in [6.45, 7) is 3.38. The molecule has 9 heteroatoms. The van der Waals surface area contributed by atoms with Crippen molar-refractivity contribution in [3.8, 4) is 22.9 Å². The van der Waals surface area contributed by atoms with E-state index in [0.717, 1.165) is 31.5 Å². The van der Waals surface area contributed by atoms with Crippen LogP contribution in [0, 0.1) is 6.92 Å². The SMILES string of the molecule is COc1ccc(-n2ncc(Oc3ccc(Cl)c(C)c3)c(Nc3cccc(C(=O)N4CCCC4)c3)c2=O)cc1. The Kier molecular flexibility index (Phi) is 7.33. The summed E-state index contributed by atoms with van der Waals surface area (Å²) in [5, 5.41) is 8.15. The number of likely N-dealkylation sites (tertiary alicyclic amines) is 1. The number of benzene rings is 3. The second kappa shape index (κ2) is 11.0. The van der Waals surface area contributed by atoms with E-state index in [1.54, 1.807) is 73.8 Å². The molecule has 0 saturated carbocycles. The first-order valence-electron chi connectivity index (χ1n) is 12.3. The minimum absolute atomic E-state index is 0.0235. The average molecular weight is 531 g/mol. The van der Waals surface area contributed by atoms with E-state index in [0.29, 0.717) is 33.5 Å². The van der Waals surface area contributed by atoms with E-state index in [1.165, 1.54) is 10.9 Å². The lowest BCUT2D eigenvalue weighted by molar-refractivity contribution is 0.0793. The summed E-state index contributed by atoms with van der Waals surface area (Å²) in [7, 11) is 1.58. The molecule has 4 aromatic rings. The van der Waals surface area contributed by atoms with Gasteiger partial charge in [0, 0.05) is 29.4 Å². The van der Waals surface area contributed by atoms with Crippen molar-refractivity contribution >= 4 is 28.9 Å². The van der Waals surface area contributed by atoms with Crippen LogP contribution in [0.1, 0.15) is 28.8 Å². The maximum absolute atomic E-state index is 13.7. The Morgan fingerprint density at radius 3 is 2.45 bits per heavy atom. The molecule has 1 amide bonds. The Hall–Kier alpha value is -4.30. The molecule has 8 nitrogen and oxygen atoms in total. The molecule has 0 radical (unpaired) electrons. The van der Waals surface area contributed by atoms with Crippen LogP contribution in [0.3, 0.4) is 0 Å². The maximum atomic E-state index is 13.7. The Morgan fingerprint density at radius 1 is 1.00 bits per heavy atom. The van der Waals surface area contributed by atoms with Gasteiger partial charge >= 0.3 is 0 Å². The summed E-state index contributed by atoms with van der Waals surface area (Å²) in [5.74, 6) is 1.39. The van der Waals surface area contributed by atoms with Crippen LogP contribution in [0.2, 0.25) is 5.02 Å². The number of methoxy groups -OCH3 is 1. The van der Waals surface area contributed by atoms with Gasteiger partial charge in [0.25, 0.3) is 11.5 Å². The van der Waals surface area contributed by atoms with Crippen LogP contribution < -0.4 is 20.3 Å². The second-order valence-corrected chi connectivity index (χ2v) is 9.42. The summed E-state index contributed by atoms with van der Waals surface area (Å²) in [5.41, 5.74) is 2.29. The zero-order valence-corrected chi connectivity index (χ0v) is 21.9. The normalized spacial score (nSPS) is 12.9. The summed E-state index contributed by atoms with van der Waals surface area (Å²) >= 11 is 6.17. The number of carbonyl (C=O) groups is 1. The van der Waals surface area contributed by atoms with Gasteiger partial charge in [0.15, 0.2) is 11.4 Å². The molecule has 194 valence electrons. The Labute approximate surface area is 225 Å². The fourth-order valence-electron chi connectivity index (χ4n) is 4.32. The lowest BCUT2D eigenvalue weighted by Gasteiger charge is -2.17. The van der Waals surface area contributed by atoms with E-state index >= 15 is 0 Å². The number of anilines is 2. The molecule has 38 heavy (non-hydrogen) atoms. The molecule has 0 spiro atoms. The lowest BCUT2D eigenvalue weighted by atomic mass is 10.1. The highest BCUT2D eigenvalue weighted by Gasteiger charge is 2.21. The van der Waals surface area contributed by atoms with Crippen LogP contribution >= 0.6 is 11.6 Å². The highest BCUT2D eigenvalue weighted by Crippen LogP contribution is 2.31. The van der Waals surface area contributed by atoms with Crippen molar-refractivity contribution in [2.24, 2.45) is 0 Å². The lowest BCUT2D eigenvalue weighted by Crippen LogP contribution is -2.27. The molecule has 0 unspecified atom stereocenters. The Bertz CT molecular complexity index is 1530. The van der Waals surface area contributed by atoms with Gasteiger partial charge in [-0.3, -0.25) is 9.59 Å². The second-order valence-electron chi connectivity index (χ2n) is 9.02. The van der Waals surface area contributed by atoms with E-state index in [9.17, 15) is 9.59 Å². The molecule has 0 aliphatic carbocycles. The molecule has 5 rings (SSSR count). The Balaban J connectivity index is 1.54. The zero-order chi connectivity index (χ0) is 26.6. The molecule has 0 bridgehead atoms. The minimum Gasteiger partial charge on any atom is -0.497 e. The average Bonchev–Trinajstić information content (AvgIpc) is 3.48. The van der Waals surface area contributed by atoms with Gasteiger partial charge < -0.3 is 19.7 Å². The monoisotopic (exact) mass is 530 g/mol. The number of amides is 1. The van der Waals surface area contributed by atoms with Crippen molar-refractivity contribution in [1.29, 1.82) is 0 Å². The first-order valence-corrected chi connectivity index (χ1v) is 12.7. The predicted octanol–water partition coefficient (Wildman–Crippen LogP) is 5.97. The number of rotatable bonds is 7. The van der Waals surface area contributed by atoms with E-state index < -0.39 is 5.56 Å². The molecule has 0 atom stereocenters. The first-order chi connectivity index (χ1) is 18.4. The molecular weight excluding hydrogens is 504 g/mol. The molecule has 1 N–H and O–H groups in total. The van der Waals surface area contributed by atoms with E-state index in [-0.39, 0.29) is 17.3 Å². The van der Waals surface area contributed by atoms with Crippen LogP contribution in [0.25, 0.3) is 5.69 Å². The summed E-state index contributed by atoms with van der Waals surface area (Å²) in [6, 6.07) is 19.4. The van der Waals surface area contributed by atoms with Crippen molar-refractivity contribution in [2.45, 2.75) is 19.8 Å².